The normalized spacial score (nSPS) is 10.8. The molecule has 7 nitrogen and oxygen atoms in total. The summed E-state index contributed by atoms with van der Waals surface area (Å²) >= 11 is 5.06. The first-order valence-electron chi connectivity index (χ1n) is 7.62. The number of nitrogens with zero attached hydrogens (tertiary/aromatic N) is 4. The second kappa shape index (κ2) is 6.79. The van der Waals surface area contributed by atoms with E-state index in [4.69, 9.17) is 12.2 Å². The van der Waals surface area contributed by atoms with Gasteiger partial charge in [0, 0.05) is 7.05 Å². The molecule has 2 heterocycles. The Morgan fingerprint density at radius 3 is 2.71 bits per heavy atom. The van der Waals surface area contributed by atoms with Gasteiger partial charge in [-0.3, -0.25) is 9.89 Å². The van der Waals surface area contributed by atoms with Crippen LogP contribution in [0.25, 0.3) is 5.69 Å². The van der Waals surface area contributed by atoms with Crippen molar-refractivity contribution in [2.45, 2.75) is 19.9 Å². The molecule has 1 amide bonds. The molecule has 0 saturated carbocycles. The molecule has 0 fully saturated rings. The SMILES string of the molecule is CCc1c(C(=O)NCc2n[nH]c(=S)n2C)cnn1-c1ccccc1. The smallest absolute Gasteiger partial charge is 0.255 e. The van der Waals surface area contributed by atoms with Crippen molar-refractivity contribution in [3.63, 3.8) is 0 Å². The summed E-state index contributed by atoms with van der Waals surface area (Å²) in [6.07, 6.45) is 2.30. The van der Waals surface area contributed by atoms with E-state index in [1.165, 1.54) is 0 Å². The van der Waals surface area contributed by atoms with E-state index >= 15 is 0 Å². The number of benzene rings is 1. The Bertz CT molecular complexity index is 908. The lowest BCUT2D eigenvalue weighted by Gasteiger charge is -2.08. The maximum Gasteiger partial charge on any atom is 0.255 e. The second-order valence-electron chi connectivity index (χ2n) is 5.29. The van der Waals surface area contributed by atoms with E-state index in [2.05, 4.69) is 20.6 Å². The molecule has 8 heteroatoms. The largest absolute Gasteiger partial charge is 0.345 e. The zero-order valence-electron chi connectivity index (χ0n) is 13.5. The molecule has 0 unspecified atom stereocenters. The van der Waals surface area contributed by atoms with Gasteiger partial charge in [-0.25, -0.2) is 4.68 Å². The third-order valence-electron chi connectivity index (χ3n) is 3.83. The van der Waals surface area contributed by atoms with Crippen LogP contribution in [0.4, 0.5) is 0 Å². The molecular weight excluding hydrogens is 324 g/mol. The summed E-state index contributed by atoms with van der Waals surface area (Å²) in [6.45, 7) is 2.30. The highest BCUT2D eigenvalue weighted by atomic mass is 32.1. The number of nitrogens with one attached hydrogen (secondary N) is 2. The minimum atomic E-state index is -0.178. The Labute approximate surface area is 144 Å². The molecule has 3 rings (SSSR count). The molecule has 0 aliphatic carbocycles. The zero-order chi connectivity index (χ0) is 17.1. The maximum atomic E-state index is 12.5. The van der Waals surface area contributed by atoms with Crippen molar-refractivity contribution in [2.75, 3.05) is 0 Å². The number of H-pyrrole nitrogens is 1. The first-order valence-corrected chi connectivity index (χ1v) is 8.03. The number of hydrogen-bond donors (Lipinski definition) is 2. The van der Waals surface area contributed by atoms with Crippen molar-refractivity contribution in [3.05, 3.63) is 58.4 Å². The predicted molar refractivity (Wildman–Crippen MR) is 92.5 cm³/mol. The maximum absolute atomic E-state index is 12.5. The van der Waals surface area contributed by atoms with Gasteiger partial charge in [0.25, 0.3) is 5.91 Å². The van der Waals surface area contributed by atoms with Crippen molar-refractivity contribution >= 4 is 18.1 Å². The molecule has 3 aromatic rings. The topological polar surface area (TPSA) is 80.5 Å². The van der Waals surface area contributed by atoms with Gasteiger partial charge in [-0.2, -0.15) is 10.2 Å². The molecule has 2 aromatic heterocycles. The van der Waals surface area contributed by atoms with Gasteiger partial charge >= 0.3 is 0 Å². The fourth-order valence-corrected chi connectivity index (χ4v) is 2.64. The van der Waals surface area contributed by atoms with Crippen LogP contribution in [0.3, 0.4) is 0 Å². The van der Waals surface area contributed by atoms with Crippen LogP contribution in [0.15, 0.2) is 36.5 Å². The van der Waals surface area contributed by atoms with Crippen LogP contribution in [-0.4, -0.2) is 30.5 Å². The van der Waals surface area contributed by atoms with E-state index < -0.39 is 0 Å². The van der Waals surface area contributed by atoms with Crippen molar-refractivity contribution in [1.29, 1.82) is 0 Å². The molecular formula is C16H18N6OS. The summed E-state index contributed by atoms with van der Waals surface area (Å²) in [5, 5.41) is 14.0. The molecule has 0 aliphatic rings. The van der Waals surface area contributed by atoms with Crippen molar-refractivity contribution in [3.8, 4) is 5.69 Å². The summed E-state index contributed by atoms with van der Waals surface area (Å²) in [5.41, 5.74) is 2.37. The zero-order valence-corrected chi connectivity index (χ0v) is 14.3. The third kappa shape index (κ3) is 3.00. The molecule has 0 radical (unpaired) electrons. The molecule has 0 saturated heterocycles. The highest BCUT2D eigenvalue weighted by molar-refractivity contribution is 7.71. The summed E-state index contributed by atoms with van der Waals surface area (Å²) in [4.78, 5) is 12.5. The van der Waals surface area contributed by atoms with Gasteiger partial charge in [0.15, 0.2) is 10.6 Å². The van der Waals surface area contributed by atoms with Crippen LogP contribution in [0, 0.1) is 4.77 Å². The molecule has 0 bridgehead atoms. The second-order valence-corrected chi connectivity index (χ2v) is 5.68. The minimum Gasteiger partial charge on any atom is -0.345 e. The Morgan fingerprint density at radius 2 is 2.08 bits per heavy atom. The number of rotatable bonds is 5. The number of aromatic nitrogens is 5. The van der Waals surface area contributed by atoms with Crippen LogP contribution in [0.1, 0.15) is 28.8 Å². The fraction of sp³-hybridized carbons (Fsp3) is 0.250. The third-order valence-corrected chi connectivity index (χ3v) is 4.19. The predicted octanol–water partition coefficient (Wildman–Crippen LogP) is 2.16. The molecule has 2 N–H and O–H groups in total. The Morgan fingerprint density at radius 1 is 1.33 bits per heavy atom. The number of carbonyl (C=O) groups excluding carboxylic acids is 1. The lowest BCUT2D eigenvalue weighted by atomic mass is 10.2. The number of hydrogen-bond acceptors (Lipinski definition) is 4. The standard InChI is InChI=1S/C16H18N6OS/c1-3-13-12(9-18-22(13)11-7-5-4-6-8-11)15(23)17-10-14-19-20-16(24)21(14)2/h4-9H,3,10H2,1-2H3,(H,17,23)(H,20,24). The Balaban J connectivity index is 1.81. The average Bonchev–Trinajstić information content (AvgIpc) is 3.18. The molecule has 0 aliphatic heterocycles. The summed E-state index contributed by atoms with van der Waals surface area (Å²) in [5.74, 6) is 0.491. The number of aromatic amines is 1. The lowest BCUT2D eigenvalue weighted by Crippen LogP contribution is -2.25. The van der Waals surface area contributed by atoms with Gasteiger partial charge in [-0.1, -0.05) is 25.1 Å². The Kier molecular flexibility index (Phi) is 4.57. The van der Waals surface area contributed by atoms with E-state index in [9.17, 15) is 4.79 Å². The van der Waals surface area contributed by atoms with E-state index in [1.807, 2.05) is 37.3 Å². The monoisotopic (exact) mass is 342 g/mol. The van der Waals surface area contributed by atoms with Crippen LogP contribution >= 0.6 is 12.2 Å². The summed E-state index contributed by atoms with van der Waals surface area (Å²) < 4.78 is 4.04. The lowest BCUT2D eigenvalue weighted by molar-refractivity contribution is 0.0948. The molecule has 24 heavy (non-hydrogen) atoms. The van der Waals surface area contributed by atoms with Crippen LogP contribution in [-0.2, 0) is 20.0 Å². The first kappa shape index (κ1) is 16.1. The molecule has 0 atom stereocenters. The highest BCUT2D eigenvalue weighted by Gasteiger charge is 2.17. The Hall–Kier alpha value is -2.74. The average molecular weight is 342 g/mol. The van der Waals surface area contributed by atoms with Gasteiger partial charge in [0.2, 0.25) is 0 Å². The fourth-order valence-electron chi connectivity index (χ4n) is 2.49. The highest BCUT2D eigenvalue weighted by Crippen LogP contribution is 2.15. The van der Waals surface area contributed by atoms with Crippen molar-refractivity contribution in [1.82, 2.24) is 29.9 Å². The summed E-state index contributed by atoms with van der Waals surface area (Å²) in [6, 6.07) is 9.76. The first-order chi connectivity index (χ1) is 11.6. The van der Waals surface area contributed by atoms with E-state index in [0.29, 0.717) is 29.1 Å². The molecule has 1 aromatic carbocycles. The van der Waals surface area contributed by atoms with E-state index in [0.717, 1.165) is 11.4 Å². The van der Waals surface area contributed by atoms with Crippen LogP contribution in [0.2, 0.25) is 0 Å². The van der Waals surface area contributed by atoms with Crippen LogP contribution in [0.5, 0.6) is 0 Å². The van der Waals surface area contributed by atoms with Crippen molar-refractivity contribution < 1.29 is 4.79 Å². The quantitative estimate of drug-likeness (QED) is 0.696. The van der Waals surface area contributed by atoms with Gasteiger partial charge in [0.1, 0.15) is 0 Å². The van der Waals surface area contributed by atoms with Crippen molar-refractivity contribution in [2.24, 2.45) is 7.05 Å². The van der Waals surface area contributed by atoms with E-state index in [-0.39, 0.29) is 5.91 Å². The molecule has 0 spiro atoms. The minimum absolute atomic E-state index is 0.178. The summed E-state index contributed by atoms with van der Waals surface area (Å²) in [7, 11) is 1.80. The van der Waals surface area contributed by atoms with Gasteiger partial charge in [0.05, 0.1) is 29.7 Å². The number of amides is 1. The van der Waals surface area contributed by atoms with Crippen LogP contribution < -0.4 is 5.32 Å². The van der Waals surface area contributed by atoms with E-state index in [1.54, 1.807) is 22.5 Å². The van der Waals surface area contributed by atoms with Gasteiger partial charge in [-0.05, 0) is 30.8 Å². The molecule has 124 valence electrons. The number of para-hydroxylation sites is 1. The van der Waals surface area contributed by atoms with Gasteiger partial charge < -0.3 is 9.88 Å². The van der Waals surface area contributed by atoms with Gasteiger partial charge in [-0.15, -0.1) is 0 Å². The number of carbonyl (C=O) groups is 1.